The van der Waals surface area contributed by atoms with Crippen molar-refractivity contribution in [3.8, 4) is 5.75 Å². The van der Waals surface area contributed by atoms with Gasteiger partial charge in [0.1, 0.15) is 11.4 Å². The quantitative estimate of drug-likeness (QED) is 0.795. The Morgan fingerprint density at radius 3 is 2.48 bits per heavy atom. The van der Waals surface area contributed by atoms with Crippen molar-refractivity contribution in [3.05, 3.63) is 24.3 Å². The number of rotatable bonds is 8. The first kappa shape index (κ1) is 15.8. The first-order chi connectivity index (χ1) is 10.1. The number of carbonyl (C=O) groups is 1. The SMILES string of the molecule is CCCOc1ccc(NC(=O)[C@@](C)(OCC)C2CC2)cc1. The van der Waals surface area contributed by atoms with E-state index in [1.165, 1.54) is 0 Å². The van der Waals surface area contributed by atoms with Crippen LogP contribution in [0.5, 0.6) is 5.75 Å². The van der Waals surface area contributed by atoms with Gasteiger partial charge in [0.25, 0.3) is 5.91 Å². The molecule has 0 heterocycles. The van der Waals surface area contributed by atoms with E-state index in [4.69, 9.17) is 9.47 Å². The van der Waals surface area contributed by atoms with Crippen molar-refractivity contribution in [3.63, 3.8) is 0 Å². The van der Waals surface area contributed by atoms with Crippen LogP contribution in [-0.4, -0.2) is 24.7 Å². The molecule has 1 saturated carbocycles. The molecule has 21 heavy (non-hydrogen) atoms. The minimum absolute atomic E-state index is 0.0610. The van der Waals surface area contributed by atoms with Gasteiger partial charge in [-0.05, 0) is 63.3 Å². The third kappa shape index (κ3) is 3.97. The predicted molar refractivity (Wildman–Crippen MR) is 83.6 cm³/mol. The van der Waals surface area contributed by atoms with Crippen molar-refractivity contribution in [1.82, 2.24) is 0 Å². The summed E-state index contributed by atoms with van der Waals surface area (Å²) < 4.78 is 11.3. The molecule has 0 saturated heterocycles. The van der Waals surface area contributed by atoms with Gasteiger partial charge in [0, 0.05) is 12.3 Å². The zero-order chi connectivity index (χ0) is 15.3. The van der Waals surface area contributed by atoms with Gasteiger partial charge in [0.2, 0.25) is 0 Å². The fourth-order valence-electron chi connectivity index (χ4n) is 2.41. The smallest absolute Gasteiger partial charge is 0.256 e. The average Bonchev–Trinajstić information content (AvgIpc) is 3.31. The molecule has 0 radical (unpaired) electrons. The highest BCUT2D eigenvalue weighted by molar-refractivity contribution is 5.97. The van der Waals surface area contributed by atoms with E-state index in [9.17, 15) is 4.79 Å². The van der Waals surface area contributed by atoms with E-state index in [1.54, 1.807) is 0 Å². The second-order valence-electron chi connectivity index (χ2n) is 5.64. The summed E-state index contributed by atoms with van der Waals surface area (Å²) in [5, 5.41) is 2.95. The predicted octanol–water partition coefficient (Wildman–Crippen LogP) is 3.62. The van der Waals surface area contributed by atoms with Crippen molar-refractivity contribution in [2.24, 2.45) is 5.92 Å². The third-order valence-electron chi connectivity index (χ3n) is 3.84. The highest BCUT2D eigenvalue weighted by Gasteiger charge is 2.48. The van der Waals surface area contributed by atoms with Crippen LogP contribution in [0.4, 0.5) is 5.69 Å². The molecule has 2 rings (SSSR count). The van der Waals surface area contributed by atoms with Gasteiger partial charge in [-0.3, -0.25) is 4.79 Å². The van der Waals surface area contributed by atoms with Crippen LogP contribution in [0, 0.1) is 5.92 Å². The van der Waals surface area contributed by atoms with Gasteiger partial charge in [0.05, 0.1) is 6.61 Å². The summed E-state index contributed by atoms with van der Waals surface area (Å²) in [6.07, 6.45) is 3.11. The summed E-state index contributed by atoms with van der Waals surface area (Å²) in [5.74, 6) is 1.10. The molecule has 4 heteroatoms. The fraction of sp³-hybridized carbons (Fsp3) is 0.588. The Morgan fingerprint density at radius 2 is 1.95 bits per heavy atom. The van der Waals surface area contributed by atoms with E-state index in [1.807, 2.05) is 38.1 Å². The standard InChI is InChI=1S/C17H25NO3/c1-4-12-20-15-10-8-14(9-11-15)18-16(19)17(3,21-5-2)13-6-7-13/h8-11,13H,4-7,12H2,1-3H3,(H,18,19)/t17-/m0/s1. The maximum Gasteiger partial charge on any atom is 0.256 e. The van der Waals surface area contributed by atoms with Crippen LogP contribution >= 0.6 is 0 Å². The van der Waals surface area contributed by atoms with E-state index in [-0.39, 0.29) is 5.91 Å². The second-order valence-corrected chi connectivity index (χ2v) is 5.64. The van der Waals surface area contributed by atoms with Crippen LogP contribution < -0.4 is 10.1 Å². The molecule has 116 valence electrons. The van der Waals surface area contributed by atoms with Crippen LogP contribution in [-0.2, 0) is 9.53 Å². The summed E-state index contributed by atoms with van der Waals surface area (Å²) in [7, 11) is 0. The zero-order valence-electron chi connectivity index (χ0n) is 13.1. The number of nitrogens with one attached hydrogen (secondary N) is 1. The van der Waals surface area contributed by atoms with Gasteiger partial charge < -0.3 is 14.8 Å². The molecule has 1 aromatic carbocycles. The molecular formula is C17H25NO3. The van der Waals surface area contributed by atoms with Crippen molar-refractivity contribution in [2.75, 3.05) is 18.5 Å². The van der Waals surface area contributed by atoms with Crippen LogP contribution in [0.15, 0.2) is 24.3 Å². The van der Waals surface area contributed by atoms with Gasteiger partial charge in [-0.15, -0.1) is 0 Å². The van der Waals surface area contributed by atoms with Crippen molar-refractivity contribution >= 4 is 11.6 Å². The summed E-state index contributed by atoms with van der Waals surface area (Å²) in [6, 6.07) is 7.48. The topological polar surface area (TPSA) is 47.6 Å². The second kappa shape index (κ2) is 6.94. The summed E-state index contributed by atoms with van der Waals surface area (Å²) in [6.45, 7) is 7.14. The molecule has 1 aliphatic carbocycles. The zero-order valence-corrected chi connectivity index (χ0v) is 13.1. The molecule has 0 aliphatic heterocycles. The van der Waals surface area contributed by atoms with E-state index in [0.717, 1.165) is 30.7 Å². The van der Waals surface area contributed by atoms with Gasteiger partial charge in [-0.25, -0.2) is 0 Å². The van der Waals surface area contributed by atoms with E-state index >= 15 is 0 Å². The average molecular weight is 291 g/mol. The van der Waals surface area contributed by atoms with Crippen LogP contribution in [0.1, 0.15) is 40.0 Å². The van der Waals surface area contributed by atoms with Crippen LogP contribution in [0.25, 0.3) is 0 Å². The van der Waals surface area contributed by atoms with E-state index in [0.29, 0.717) is 19.1 Å². The lowest BCUT2D eigenvalue weighted by atomic mass is 9.99. The molecule has 1 atom stereocenters. The number of benzene rings is 1. The van der Waals surface area contributed by atoms with Gasteiger partial charge in [-0.2, -0.15) is 0 Å². The number of ether oxygens (including phenoxy) is 2. The maximum absolute atomic E-state index is 12.5. The van der Waals surface area contributed by atoms with Crippen LogP contribution in [0.2, 0.25) is 0 Å². The lowest BCUT2D eigenvalue weighted by Crippen LogP contribution is -2.44. The normalized spacial score (nSPS) is 17.1. The van der Waals surface area contributed by atoms with Crippen LogP contribution in [0.3, 0.4) is 0 Å². The number of hydrogen-bond donors (Lipinski definition) is 1. The molecule has 1 fully saturated rings. The van der Waals surface area contributed by atoms with Gasteiger partial charge in [0.15, 0.2) is 0 Å². The lowest BCUT2D eigenvalue weighted by molar-refractivity contribution is -0.141. The first-order valence-corrected chi connectivity index (χ1v) is 7.78. The Morgan fingerprint density at radius 1 is 1.29 bits per heavy atom. The number of amides is 1. The molecule has 1 aromatic rings. The molecule has 1 aliphatic rings. The largest absolute Gasteiger partial charge is 0.494 e. The van der Waals surface area contributed by atoms with Crippen molar-refractivity contribution in [2.45, 2.75) is 45.6 Å². The molecule has 4 nitrogen and oxygen atoms in total. The number of anilines is 1. The molecular weight excluding hydrogens is 266 g/mol. The maximum atomic E-state index is 12.5. The number of carbonyl (C=O) groups excluding carboxylic acids is 1. The van der Waals surface area contributed by atoms with Crippen molar-refractivity contribution in [1.29, 1.82) is 0 Å². The summed E-state index contributed by atoms with van der Waals surface area (Å²) in [4.78, 5) is 12.5. The fourth-order valence-corrected chi connectivity index (χ4v) is 2.41. The summed E-state index contributed by atoms with van der Waals surface area (Å²) in [5.41, 5.74) is 0.0574. The Bertz CT molecular complexity index is 467. The highest BCUT2D eigenvalue weighted by Crippen LogP contribution is 2.42. The molecule has 0 aromatic heterocycles. The Balaban J connectivity index is 1.98. The summed E-state index contributed by atoms with van der Waals surface area (Å²) >= 11 is 0. The molecule has 0 unspecified atom stereocenters. The van der Waals surface area contributed by atoms with E-state index in [2.05, 4.69) is 12.2 Å². The van der Waals surface area contributed by atoms with Crippen molar-refractivity contribution < 1.29 is 14.3 Å². The minimum Gasteiger partial charge on any atom is -0.494 e. The highest BCUT2D eigenvalue weighted by atomic mass is 16.5. The Hall–Kier alpha value is -1.55. The molecule has 1 N–H and O–H groups in total. The first-order valence-electron chi connectivity index (χ1n) is 7.78. The lowest BCUT2D eigenvalue weighted by Gasteiger charge is -2.28. The molecule has 0 spiro atoms. The van der Waals surface area contributed by atoms with Gasteiger partial charge >= 0.3 is 0 Å². The third-order valence-corrected chi connectivity index (χ3v) is 3.84. The molecule has 0 bridgehead atoms. The van der Waals surface area contributed by atoms with Gasteiger partial charge in [-0.1, -0.05) is 6.92 Å². The molecule has 1 amide bonds. The number of hydrogen-bond acceptors (Lipinski definition) is 3. The Kier molecular flexibility index (Phi) is 5.23. The Labute approximate surface area is 126 Å². The van der Waals surface area contributed by atoms with E-state index < -0.39 is 5.60 Å². The monoisotopic (exact) mass is 291 g/mol. The minimum atomic E-state index is -0.716.